The van der Waals surface area contributed by atoms with Crippen LogP contribution in [0.2, 0.25) is 0 Å². The Kier molecular flexibility index (Phi) is 4.08. The molecule has 0 atom stereocenters. The molecule has 0 aromatic carbocycles. The van der Waals surface area contributed by atoms with Gasteiger partial charge in [-0.2, -0.15) is 5.10 Å². The summed E-state index contributed by atoms with van der Waals surface area (Å²) in [6.45, 7) is 6.80. The maximum absolute atomic E-state index is 13.0. The van der Waals surface area contributed by atoms with Gasteiger partial charge in [0.05, 0.1) is 17.6 Å². The number of hydrogen-bond donors (Lipinski definition) is 1. The van der Waals surface area contributed by atoms with Gasteiger partial charge in [0.15, 0.2) is 0 Å². The number of carbonyl (C=O) groups excluding carboxylic acids is 1. The summed E-state index contributed by atoms with van der Waals surface area (Å²) in [5.41, 5.74) is 3.63. The molecule has 0 bridgehead atoms. The van der Waals surface area contributed by atoms with Crippen LogP contribution in [0.3, 0.4) is 0 Å². The van der Waals surface area contributed by atoms with Gasteiger partial charge in [0.2, 0.25) is 0 Å². The average molecular weight is 365 g/mol. The SMILES string of the molecule is CCn1cc(NC(=O)c2sc3nc(C)cc(C)c3c2-n2cccc2)cn1. The molecule has 0 spiro atoms. The highest BCUT2D eigenvalue weighted by Gasteiger charge is 2.22. The van der Waals surface area contributed by atoms with Gasteiger partial charge < -0.3 is 9.88 Å². The number of pyridine rings is 1. The van der Waals surface area contributed by atoms with Crippen molar-refractivity contribution in [3.8, 4) is 5.69 Å². The number of fused-ring (bicyclic) bond motifs is 1. The topological polar surface area (TPSA) is 64.7 Å². The van der Waals surface area contributed by atoms with Crippen LogP contribution in [0.15, 0.2) is 43.0 Å². The summed E-state index contributed by atoms with van der Waals surface area (Å²) in [5, 5.41) is 8.19. The molecule has 0 aliphatic carbocycles. The van der Waals surface area contributed by atoms with E-state index in [-0.39, 0.29) is 5.91 Å². The third kappa shape index (κ3) is 2.80. The van der Waals surface area contributed by atoms with Crippen LogP contribution in [0, 0.1) is 13.8 Å². The van der Waals surface area contributed by atoms with Crippen LogP contribution in [0.4, 0.5) is 5.69 Å². The molecule has 4 aromatic heterocycles. The molecule has 0 unspecified atom stereocenters. The van der Waals surface area contributed by atoms with Crippen LogP contribution >= 0.6 is 11.3 Å². The molecule has 26 heavy (non-hydrogen) atoms. The Morgan fingerprint density at radius 2 is 2.04 bits per heavy atom. The molecule has 1 amide bonds. The lowest BCUT2D eigenvalue weighted by atomic mass is 10.1. The summed E-state index contributed by atoms with van der Waals surface area (Å²) in [6.07, 6.45) is 7.39. The highest BCUT2D eigenvalue weighted by molar-refractivity contribution is 7.21. The van der Waals surface area contributed by atoms with Gasteiger partial charge in [-0.3, -0.25) is 9.48 Å². The zero-order chi connectivity index (χ0) is 18.3. The minimum Gasteiger partial charge on any atom is -0.322 e. The first kappa shape index (κ1) is 16.5. The Labute approximate surface area is 155 Å². The van der Waals surface area contributed by atoms with Gasteiger partial charge >= 0.3 is 0 Å². The minimum absolute atomic E-state index is 0.149. The molecule has 4 rings (SSSR count). The number of anilines is 1. The number of amides is 1. The number of nitrogens with one attached hydrogen (secondary N) is 1. The maximum atomic E-state index is 13.0. The summed E-state index contributed by atoms with van der Waals surface area (Å²) in [6, 6.07) is 5.95. The fraction of sp³-hybridized carbons (Fsp3) is 0.211. The second kappa shape index (κ2) is 6.42. The average Bonchev–Trinajstić information content (AvgIpc) is 3.33. The van der Waals surface area contributed by atoms with E-state index in [0.29, 0.717) is 10.6 Å². The third-order valence-electron chi connectivity index (χ3n) is 4.25. The van der Waals surface area contributed by atoms with Crippen molar-refractivity contribution in [2.45, 2.75) is 27.3 Å². The summed E-state index contributed by atoms with van der Waals surface area (Å²) >= 11 is 1.42. The van der Waals surface area contributed by atoms with Crippen LogP contribution < -0.4 is 5.32 Å². The van der Waals surface area contributed by atoms with Crippen LogP contribution in [0.25, 0.3) is 15.9 Å². The van der Waals surface area contributed by atoms with Crippen LogP contribution in [-0.4, -0.2) is 25.2 Å². The van der Waals surface area contributed by atoms with E-state index >= 15 is 0 Å². The molecule has 0 fully saturated rings. The number of rotatable bonds is 4. The number of carbonyl (C=O) groups is 1. The number of nitrogens with zero attached hydrogens (tertiary/aromatic N) is 4. The van der Waals surface area contributed by atoms with Gasteiger partial charge in [-0.25, -0.2) is 4.98 Å². The molecule has 0 aliphatic heterocycles. The maximum Gasteiger partial charge on any atom is 0.268 e. The molecule has 4 heterocycles. The molecule has 0 saturated heterocycles. The predicted molar refractivity (Wildman–Crippen MR) is 104 cm³/mol. The second-order valence-electron chi connectivity index (χ2n) is 6.17. The van der Waals surface area contributed by atoms with Crippen LogP contribution in [0.1, 0.15) is 27.9 Å². The fourth-order valence-corrected chi connectivity index (χ4v) is 4.29. The minimum atomic E-state index is -0.149. The molecule has 0 radical (unpaired) electrons. The Morgan fingerprint density at radius 3 is 2.73 bits per heavy atom. The van der Waals surface area contributed by atoms with Crippen molar-refractivity contribution in [3.05, 3.63) is 59.1 Å². The molecule has 132 valence electrons. The summed E-state index contributed by atoms with van der Waals surface area (Å²) in [7, 11) is 0. The lowest BCUT2D eigenvalue weighted by Crippen LogP contribution is -2.12. The zero-order valence-corrected chi connectivity index (χ0v) is 15.7. The normalized spacial score (nSPS) is 11.2. The van der Waals surface area contributed by atoms with Crippen molar-refractivity contribution in [3.63, 3.8) is 0 Å². The summed E-state index contributed by atoms with van der Waals surface area (Å²) < 4.78 is 3.76. The van der Waals surface area contributed by atoms with Gasteiger partial charge in [0.25, 0.3) is 5.91 Å². The molecule has 4 aromatic rings. The van der Waals surface area contributed by atoms with E-state index in [4.69, 9.17) is 0 Å². The quantitative estimate of drug-likeness (QED) is 0.590. The third-order valence-corrected chi connectivity index (χ3v) is 5.32. The van der Waals surface area contributed by atoms with Crippen LogP contribution in [-0.2, 0) is 6.54 Å². The Balaban J connectivity index is 1.84. The molecular weight excluding hydrogens is 346 g/mol. The van der Waals surface area contributed by atoms with Crippen LogP contribution in [0.5, 0.6) is 0 Å². The number of thiophene rings is 1. The zero-order valence-electron chi connectivity index (χ0n) is 14.9. The standard InChI is InChI=1S/C19H19N5OS/c1-4-24-11-14(10-20-24)22-18(25)17-16(23-7-5-6-8-23)15-12(2)9-13(3)21-19(15)26-17/h5-11H,4H2,1-3H3,(H,22,25). The van der Waals surface area contributed by atoms with Crippen molar-refractivity contribution in [2.75, 3.05) is 5.32 Å². The van der Waals surface area contributed by atoms with Gasteiger partial charge in [-0.05, 0) is 44.5 Å². The van der Waals surface area contributed by atoms with E-state index in [0.717, 1.165) is 33.7 Å². The first-order valence-electron chi connectivity index (χ1n) is 8.44. The van der Waals surface area contributed by atoms with Crippen molar-refractivity contribution in [2.24, 2.45) is 0 Å². The molecular formula is C19H19N5OS. The van der Waals surface area contributed by atoms with Gasteiger partial charge in [0, 0.05) is 36.2 Å². The Hall–Kier alpha value is -2.93. The number of aromatic nitrogens is 4. The second-order valence-corrected chi connectivity index (χ2v) is 7.17. The van der Waals surface area contributed by atoms with E-state index in [9.17, 15) is 4.79 Å². The van der Waals surface area contributed by atoms with Crippen molar-refractivity contribution in [1.29, 1.82) is 0 Å². The van der Waals surface area contributed by atoms with E-state index in [1.54, 1.807) is 10.9 Å². The smallest absolute Gasteiger partial charge is 0.268 e. The largest absolute Gasteiger partial charge is 0.322 e. The first-order valence-corrected chi connectivity index (χ1v) is 9.26. The van der Waals surface area contributed by atoms with E-state index < -0.39 is 0 Å². The monoisotopic (exact) mass is 365 g/mol. The lowest BCUT2D eigenvalue weighted by molar-refractivity contribution is 0.103. The molecule has 7 heteroatoms. The van der Waals surface area contributed by atoms with E-state index in [1.165, 1.54) is 11.3 Å². The predicted octanol–water partition coefficient (Wildman–Crippen LogP) is 4.17. The number of aryl methyl sites for hydroxylation is 3. The highest BCUT2D eigenvalue weighted by atomic mass is 32.1. The Morgan fingerprint density at radius 1 is 1.27 bits per heavy atom. The summed E-state index contributed by atoms with van der Waals surface area (Å²) in [4.78, 5) is 19.2. The van der Waals surface area contributed by atoms with E-state index in [1.807, 2.05) is 49.1 Å². The molecule has 6 nitrogen and oxygen atoms in total. The molecule has 0 aliphatic rings. The van der Waals surface area contributed by atoms with Crippen molar-refractivity contribution < 1.29 is 4.79 Å². The molecule has 0 saturated carbocycles. The lowest BCUT2D eigenvalue weighted by Gasteiger charge is -2.08. The first-order chi connectivity index (χ1) is 12.6. The van der Waals surface area contributed by atoms with Crippen molar-refractivity contribution in [1.82, 2.24) is 19.3 Å². The van der Waals surface area contributed by atoms with Gasteiger partial charge in [-0.15, -0.1) is 11.3 Å². The molecule has 1 N–H and O–H groups in total. The Bertz CT molecular complexity index is 1090. The summed E-state index contributed by atoms with van der Waals surface area (Å²) in [5.74, 6) is -0.149. The fourth-order valence-electron chi connectivity index (χ4n) is 3.10. The van der Waals surface area contributed by atoms with E-state index in [2.05, 4.69) is 28.4 Å². The highest BCUT2D eigenvalue weighted by Crippen LogP contribution is 2.36. The van der Waals surface area contributed by atoms with Crippen molar-refractivity contribution >= 4 is 33.1 Å². The van der Waals surface area contributed by atoms with Gasteiger partial charge in [0.1, 0.15) is 9.71 Å². The van der Waals surface area contributed by atoms with Gasteiger partial charge in [-0.1, -0.05) is 0 Å². The number of hydrogen-bond acceptors (Lipinski definition) is 4.